The molecule has 2 aromatic carbocycles. The van der Waals surface area contributed by atoms with E-state index in [1.165, 1.54) is 11.4 Å². The van der Waals surface area contributed by atoms with E-state index in [2.05, 4.69) is 10.1 Å². The molecule has 4 rings (SSSR count). The van der Waals surface area contributed by atoms with Crippen LogP contribution >= 0.6 is 0 Å². The van der Waals surface area contributed by atoms with Crippen molar-refractivity contribution < 1.29 is 17.7 Å². The van der Waals surface area contributed by atoms with E-state index in [1.807, 2.05) is 18.2 Å². The van der Waals surface area contributed by atoms with E-state index >= 15 is 0 Å². The molecule has 1 aliphatic heterocycles. The zero-order chi connectivity index (χ0) is 20.8. The van der Waals surface area contributed by atoms with Gasteiger partial charge in [0.1, 0.15) is 0 Å². The fraction of sp³-hybridized carbons (Fsp3) is 0.250. The molecule has 29 heavy (non-hydrogen) atoms. The maximum absolute atomic E-state index is 13.0. The number of carbonyl (C=O) groups excluding carboxylic acids is 1. The molecule has 0 radical (unpaired) electrons. The van der Waals surface area contributed by atoms with Crippen LogP contribution in [0.15, 0.2) is 51.9 Å². The van der Waals surface area contributed by atoms with E-state index < -0.39 is 10.0 Å². The standard InChI is InChI=1S/C20H20N4O4S/c1-13-21-19(22-28-13)12-24(3)29(26,27)17-6-4-5-14(10-17)15-7-8-18-16(9-15)11-23(2)20(18)25/h4-10H,11-12H2,1-3H3. The first-order valence-electron chi connectivity index (χ1n) is 9.00. The molecule has 0 aliphatic carbocycles. The first-order chi connectivity index (χ1) is 13.8. The number of hydrogen-bond acceptors (Lipinski definition) is 6. The van der Waals surface area contributed by atoms with Crippen LogP contribution in [0.4, 0.5) is 0 Å². The predicted molar refractivity (Wildman–Crippen MR) is 105 cm³/mol. The molecule has 0 unspecified atom stereocenters. The van der Waals surface area contributed by atoms with Crippen molar-refractivity contribution in [2.75, 3.05) is 14.1 Å². The topological polar surface area (TPSA) is 96.6 Å². The van der Waals surface area contributed by atoms with Gasteiger partial charge in [-0.15, -0.1) is 0 Å². The van der Waals surface area contributed by atoms with Gasteiger partial charge >= 0.3 is 0 Å². The van der Waals surface area contributed by atoms with E-state index in [-0.39, 0.29) is 17.3 Å². The second-order valence-corrected chi connectivity index (χ2v) is 9.10. The van der Waals surface area contributed by atoms with Gasteiger partial charge in [-0.05, 0) is 41.0 Å². The molecular weight excluding hydrogens is 392 g/mol. The van der Waals surface area contributed by atoms with E-state index in [4.69, 9.17) is 4.52 Å². The van der Waals surface area contributed by atoms with E-state index in [0.717, 1.165) is 16.7 Å². The molecule has 2 heterocycles. The van der Waals surface area contributed by atoms with Gasteiger partial charge in [-0.25, -0.2) is 8.42 Å². The molecule has 1 amide bonds. The normalized spacial score (nSPS) is 13.9. The van der Waals surface area contributed by atoms with Crippen LogP contribution in [0.25, 0.3) is 11.1 Å². The maximum atomic E-state index is 13.0. The smallest absolute Gasteiger partial charge is 0.254 e. The SMILES string of the molecule is Cc1nc(CN(C)S(=O)(=O)c2cccc(-c3ccc4c(c3)CN(C)C4=O)c2)no1. The van der Waals surface area contributed by atoms with Gasteiger partial charge in [0, 0.05) is 33.1 Å². The molecule has 0 bridgehead atoms. The summed E-state index contributed by atoms with van der Waals surface area (Å²) < 4.78 is 32.1. The third kappa shape index (κ3) is 3.54. The number of aromatic nitrogens is 2. The Bertz CT molecular complexity index is 1200. The monoisotopic (exact) mass is 412 g/mol. The molecule has 1 aromatic heterocycles. The number of amides is 1. The number of sulfonamides is 1. The number of hydrogen-bond donors (Lipinski definition) is 0. The fourth-order valence-corrected chi connectivity index (χ4v) is 4.52. The van der Waals surface area contributed by atoms with E-state index in [9.17, 15) is 13.2 Å². The number of rotatable bonds is 5. The molecule has 0 fully saturated rings. The summed E-state index contributed by atoms with van der Waals surface area (Å²) in [6, 6.07) is 12.3. The molecule has 0 spiro atoms. The first kappa shape index (κ1) is 19.3. The molecule has 150 valence electrons. The van der Waals surface area contributed by atoms with Crippen molar-refractivity contribution in [3.05, 3.63) is 65.3 Å². The minimum absolute atomic E-state index is 0.00112. The molecular formula is C20H20N4O4S. The first-order valence-corrected chi connectivity index (χ1v) is 10.4. The van der Waals surface area contributed by atoms with Crippen LogP contribution in [-0.2, 0) is 23.1 Å². The van der Waals surface area contributed by atoms with Gasteiger partial charge in [0.15, 0.2) is 5.82 Å². The van der Waals surface area contributed by atoms with Gasteiger partial charge in [-0.2, -0.15) is 9.29 Å². The van der Waals surface area contributed by atoms with Crippen LogP contribution in [0.1, 0.15) is 27.6 Å². The fourth-order valence-electron chi connectivity index (χ4n) is 3.35. The van der Waals surface area contributed by atoms with Gasteiger partial charge < -0.3 is 9.42 Å². The molecule has 9 heteroatoms. The van der Waals surface area contributed by atoms with Crippen molar-refractivity contribution in [2.45, 2.75) is 24.9 Å². The highest BCUT2D eigenvalue weighted by atomic mass is 32.2. The number of nitrogens with zero attached hydrogens (tertiary/aromatic N) is 4. The van der Waals surface area contributed by atoms with Crippen LogP contribution < -0.4 is 0 Å². The Labute approximate surface area is 168 Å². The molecule has 1 aliphatic rings. The van der Waals surface area contributed by atoms with Crippen LogP contribution in [0.2, 0.25) is 0 Å². The van der Waals surface area contributed by atoms with E-state index in [1.54, 1.807) is 43.1 Å². The van der Waals surface area contributed by atoms with Crippen LogP contribution in [-0.4, -0.2) is 47.8 Å². The highest BCUT2D eigenvalue weighted by molar-refractivity contribution is 7.89. The summed E-state index contributed by atoms with van der Waals surface area (Å²) in [5.74, 6) is 0.687. The van der Waals surface area contributed by atoms with Crippen molar-refractivity contribution in [3.8, 4) is 11.1 Å². The quantitative estimate of drug-likeness (QED) is 0.639. The Kier molecular flexibility index (Phi) is 4.71. The van der Waals surface area contributed by atoms with Crippen LogP contribution in [0.5, 0.6) is 0 Å². The van der Waals surface area contributed by atoms with Gasteiger partial charge in [0.25, 0.3) is 5.91 Å². The van der Waals surface area contributed by atoms with Crippen molar-refractivity contribution in [1.29, 1.82) is 0 Å². The zero-order valence-corrected chi connectivity index (χ0v) is 17.1. The Morgan fingerprint density at radius 2 is 1.93 bits per heavy atom. The minimum atomic E-state index is -3.74. The molecule has 0 saturated heterocycles. The second kappa shape index (κ2) is 7.09. The molecule has 0 atom stereocenters. The summed E-state index contributed by atoms with van der Waals surface area (Å²) in [5.41, 5.74) is 3.25. The molecule has 8 nitrogen and oxygen atoms in total. The number of fused-ring (bicyclic) bond motifs is 1. The lowest BCUT2D eigenvalue weighted by Gasteiger charge is -2.16. The van der Waals surface area contributed by atoms with E-state index in [0.29, 0.717) is 23.8 Å². The highest BCUT2D eigenvalue weighted by Gasteiger charge is 2.25. The number of aryl methyl sites for hydroxylation is 1. The largest absolute Gasteiger partial charge is 0.340 e. The van der Waals surface area contributed by atoms with Crippen molar-refractivity contribution >= 4 is 15.9 Å². The average Bonchev–Trinajstić information content (AvgIpc) is 3.24. The Morgan fingerprint density at radius 1 is 1.17 bits per heavy atom. The van der Waals surface area contributed by atoms with Crippen molar-refractivity contribution in [2.24, 2.45) is 0 Å². The molecule has 0 saturated carbocycles. The van der Waals surface area contributed by atoms with Gasteiger partial charge in [-0.1, -0.05) is 23.4 Å². The Balaban J connectivity index is 1.63. The zero-order valence-electron chi connectivity index (χ0n) is 16.3. The summed E-state index contributed by atoms with van der Waals surface area (Å²) in [7, 11) is -0.501. The lowest BCUT2D eigenvalue weighted by atomic mass is 10.0. The predicted octanol–water partition coefficient (Wildman–Crippen LogP) is 2.45. The Morgan fingerprint density at radius 3 is 2.66 bits per heavy atom. The summed E-state index contributed by atoms with van der Waals surface area (Å²) >= 11 is 0. The Hall–Kier alpha value is -3.04. The number of carbonyl (C=O) groups is 1. The van der Waals surface area contributed by atoms with Crippen molar-refractivity contribution in [3.63, 3.8) is 0 Å². The van der Waals surface area contributed by atoms with Gasteiger partial charge in [-0.3, -0.25) is 4.79 Å². The summed E-state index contributed by atoms with van der Waals surface area (Å²) in [6.45, 7) is 2.21. The van der Waals surface area contributed by atoms with Gasteiger partial charge in [0.05, 0.1) is 11.4 Å². The third-order valence-corrected chi connectivity index (χ3v) is 6.70. The minimum Gasteiger partial charge on any atom is -0.340 e. The summed E-state index contributed by atoms with van der Waals surface area (Å²) in [5, 5.41) is 3.75. The summed E-state index contributed by atoms with van der Waals surface area (Å²) in [4.78, 5) is 18.0. The summed E-state index contributed by atoms with van der Waals surface area (Å²) in [6.07, 6.45) is 0. The molecule has 3 aromatic rings. The second-order valence-electron chi connectivity index (χ2n) is 7.05. The van der Waals surface area contributed by atoms with Gasteiger partial charge in [0.2, 0.25) is 15.9 Å². The number of benzene rings is 2. The third-order valence-electron chi connectivity index (χ3n) is 4.90. The average molecular weight is 412 g/mol. The lowest BCUT2D eigenvalue weighted by molar-refractivity contribution is 0.0816. The van der Waals surface area contributed by atoms with Crippen LogP contribution in [0, 0.1) is 6.92 Å². The molecule has 0 N–H and O–H groups in total. The van der Waals surface area contributed by atoms with Crippen LogP contribution in [0.3, 0.4) is 0 Å². The lowest BCUT2D eigenvalue weighted by Crippen LogP contribution is -2.27. The maximum Gasteiger partial charge on any atom is 0.254 e. The highest BCUT2D eigenvalue weighted by Crippen LogP contribution is 2.29. The van der Waals surface area contributed by atoms with Crippen molar-refractivity contribution in [1.82, 2.24) is 19.3 Å².